The summed E-state index contributed by atoms with van der Waals surface area (Å²) in [6.07, 6.45) is 3.41. The van der Waals surface area contributed by atoms with Crippen LogP contribution in [-0.4, -0.2) is 35.0 Å². The fraction of sp³-hybridized carbons (Fsp3) is 0.286. The first-order valence-electron chi connectivity index (χ1n) is 6.72. The van der Waals surface area contributed by atoms with Crippen LogP contribution in [0.2, 0.25) is 0 Å². The number of nitrogens with two attached hydrogens (primary N) is 1. The van der Waals surface area contributed by atoms with E-state index in [4.69, 9.17) is 5.73 Å². The van der Waals surface area contributed by atoms with Crippen LogP contribution >= 0.6 is 0 Å². The Morgan fingerprint density at radius 1 is 1.32 bits per heavy atom. The van der Waals surface area contributed by atoms with E-state index >= 15 is 0 Å². The van der Waals surface area contributed by atoms with Crippen molar-refractivity contribution in [1.82, 2.24) is 14.1 Å². The average molecular weight is 322 g/mol. The summed E-state index contributed by atoms with van der Waals surface area (Å²) in [5.41, 5.74) is 6.23. The number of hydrogen-bond donors (Lipinski definition) is 1. The van der Waals surface area contributed by atoms with E-state index in [1.165, 1.54) is 28.6 Å². The van der Waals surface area contributed by atoms with Crippen molar-refractivity contribution in [2.75, 3.05) is 6.54 Å². The Morgan fingerprint density at radius 2 is 1.95 bits per heavy atom. The van der Waals surface area contributed by atoms with Crippen LogP contribution in [0.4, 0.5) is 0 Å². The standard InChI is InChI=1S/C14H18N4O3S/c1-3-18(10-11-8-16-17(2)9-11)22(20,21)13-6-4-12(5-7-13)14(15)19/h4-9H,3,10H2,1-2H3,(H2,15,19). The summed E-state index contributed by atoms with van der Waals surface area (Å²) < 4.78 is 28.2. The van der Waals surface area contributed by atoms with E-state index < -0.39 is 15.9 Å². The van der Waals surface area contributed by atoms with E-state index in [-0.39, 0.29) is 17.0 Å². The van der Waals surface area contributed by atoms with Crippen molar-refractivity contribution in [1.29, 1.82) is 0 Å². The molecule has 0 saturated carbocycles. The van der Waals surface area contributed by atoms with Gasteiger partial charge in [-0.2, -0.15) is 9.40 Å². The molecule has 0 radical (unpaired) electrons. The van der Waals surface area contributed by atoms with E-state index in [9.17, 15) is 13.2 Å². The highest BCUT2D eigenvalue weighted by Gasteiger charge is 2.23. The van der Waals surface area contributed by atoms with Crippen LogP contribution in [0, 0.1) is 0 Å². The average Bonchev–Trinajstić information content (AvgIpc) is 2.90. The normalized spacial score (nSPS) is 11.8. The topological polar surface area (TPSA) is 98.3 Å². The van der Waals surface area contributed by atoms with Gasteiger partial charge in [0.25, 0.3) is 0 Å². The first kappa shape index (κ1) is 16.2. The van der Waals surface area contributed by atoms with Crippen molar-refractivity contribution in [3.63, 3.8) is 0 Å². The second-order valence-electron chi connectivity index (χ2n) is 4.84. The minimum absolute atomic E-state index is 0.128. The van der Waals surface area contributed by atoms with Crippen LogP contribution in [0.5, 0.6) is 0 Å². The Labute approximate surface area is 129 Å². The fourth-order valence-electron chi connectivity index (χ4n) is 2.06. The number of primary amides is 1. The first-order chi connectivity index (χ1) is 10.3. The maximum absolute atomic E-state index is 12.6. The Kier molecular flexibility index (Phi) is 4.62. The fourth-order valence-corrected chi connectivity index (χ4v) is 3.50. The van der Waals surface area contributed by atoms with E-state index in [1.807, 2.05) is 0 Å². The van der Waals surface area contributed by atoms with Gasteiger partial charge in [0.1, 0.15) is 0 Å². The lowest BCUT2D eigenvalue weighted by Crippen LogP contribution is -2.30. The third-order valence-electron chi connectivity index (χ3n) is 3.25. The number of benzene rings is 1. The zero-order valence-corrected chi connectivity index (χ0v) is 13.2. The number of amides is 1. The highest BCUT2D eigenvalue weighted by molar-refractivity contribution is 7.89. The van der Waals surface area contributed by atoms with Crippen molar-refractivity contribution in [2.45, 2.75) is 18.4 Å². The third kappa shape index (κ3) is 3.34. The molecule has 1 aromatic heterocycles. The van der Waals surface area contributed by atoms with Crippen LogP contribution in [0.3, 0.4) is 0 Å². The molecule has 22 heavy (non-hydrogen) atoms. The number of aromatic nitrogens is 2. The number of carbonyl (C=O) groups excluding carboxylic acids is 1. The molecule has 0 unspecified atom stereocenters. The molecule has 0 aliphatic heterocycles. The lowest BCUT2D eigenvalue weighted by atomic mass is 10.2. The molecule has 0 aliphatic carbocycles. The van der Waals surface area contributed by atoms with Crippen LogP contribution in [0.1, 0.15) is 22.8 Å². The van der Waals surface area contributed by atoms with Crippen LogP contribution in [0.15, 0.2) is 41.6 Å². The summed E-state index contributed by atoms with van der Waals surface area (Å²) in [6.45, 7) is 2.34. The van der Waals surface area contributed by atoms with Crippen LogP contribution < -0.4 is 5.73 Å². The van der Waals surface area contributed by atoms with Gasteiger partial charge in [0.2, 0.25) is 15.9 Å². The molecular formula is C14H18N4O3S. The molecule has 0 fully saturated rings. The van der Waals surface area contributed by atoms with Gasteiger partial charge in [0.05, 0.1) is 11.1 Å². The van der Waals surface area contributed by atoms with Crippen molar-refractivity contribution in [3.8, 4) is 0 Å². The van der Waals surface area contributed by atoms with Gasteiger partial charge in [-0.15, -0.1) is 0 Å². The van der Waals surface area contributed by atoms with Crippen LogP contribution in [0.25, 0.3) is 0 Å². The Hall–Kier alpha value is -2.19. The smallest absolute Gasteiger partial charge is 0.248 e. The lowest BCUT2D eigenvalue weighted by molar-refractivity contribution is 0.1000. The summed E-state index contributed by atoms with van der Waals surface area (Å²) in [4.78, 5) is 11.2. The van der Waals surface area contributed by atoms with Gasteiger partial charge in [-0.3, -0.25) is 9.48 Å². The summed E-state index contributed by atoms with van der Waals surface area (Å²) in [5, 5.41) is 4.03. The van der Waals surface area contributed by atoms with E-state index in [0.717, 1.165) is 5.56 Å². The number of aryl methyl sites for hydroxylation is 1. The number of hydrogen-bond acceptors (Lipinski definition) is 4. The number of sulfonamides is 1. The zero-order chi connectivity index (χ0) is 16.3. The molecule has 0 aliphatic rings. The van der Waals surface area contributed by atoms with Gasteiger partial charge in [-0.05, 0) is 24.3 Å². The molecule has 1 heterocycles. The minimum atomic E-state index is -3.64. The molecule has 0 saturated heterocycles. The Bertz CT molecular complexity index is 766. The third-order valence-corrected chi connectivity index (χ3v) is 5.18. The largest absolute Gasteiger partial charge is 0.366 e. The first-order valence-corrected chi connectivity index (χ1v) is 8.16. The molecule has 118 valence electrons. The number of nitrogens with zero attached hydrogens (tertiary/aromatic N) is 3. The van der Waals surface area contributed by atoms with Gasteiger partial charge in [0.15, 0.2) is 0 Å². The number of carbonyl (C=O) groups is 1. The maximum atomic E-state index is 12.6. The van der Waals surface area contributed by atoms with Crippen molar-refractivity contribution >= 4 is 15.9 Å². The molecule has 1 aromatic carbocycles. The highest BCUT2D eigenvalue weighted by Crippen LogP contribution is 2.18. The van der Waals surface area contributed by atoms with Crippen molar-refractivity contribution in [2.24, 2.45) is 12.8 Å². The van der Waals surface area contributed by atoms with Gasteiger partial charge in [-0.25, -0.2) is 8.42 Å². The van der Waals surface area contributed by atoms with Crippen LogP contribution in [-0.2, 0) is 23.6 Å². The quantitative estimate of drug-likeness (QED) is 0.847. The molecule has 8 heteroatoms. The van der Waals surface area contributed by atoms with Crippen molar-refractivity contribution < 1.29 is 13.2 Å². The molecule has 2 N–H and O–H groups in total. The van der Waals surface area contributed by atoms with Gasteiger partial charge in [-0.1, -0.05) is 6.92 Å². The van der Waals surface area contributed by atoms with E-state index in [2.05, 4.69) is 5.10 Å². The second kappa shape index (κ2) is 6.29. The van der Waals surface area contributed by atoms with Gasteiger partial charge < -0.3 is 5.73 Å². The Balaban J connectivity index is 2.27. The van der Waals surface area contributed by atoms with Gasteiger partial charge in [0, 0.05) is 37.5 Å². The predicted molar refractivity (Wildman–Crippen MR) is 81.4 cm³/mol. The van der Waals surface area contributed by atoms with Gasteiger partial charge >= 0.3 is 0 Å². The summed E-state index contributed by atoms with van der Waals surface area (Å²) in [6, 6.07) is 5.60. The zero-order valence-electron chi connectivity index (χ0n) is 12.4. The maximum Gasteiger partial charge on any atom is 0.248 e. The number of rotatable bonds is 6. The SMILES string of the molecule is CCN(Cc1cnn(C)c1)S(=O)(=O)c1ccc(C(N)=O)cc1. The molecule has 0 atom stereocenters. The molecule has 0 spiro atoms. The molecule has 2 aromatic rings. The Morgan fingerprint density at radius 3 is 2.41 bits per heavy atom. The molecular weight excluding hydrogens is 304 g/mol. The van der Waals surface area contributed by atoms with Crippen molar-refractivity contribution in [3.05, 3.63) is 47.8 Å². The summed E-state index contributed by atoms with van der Waals surface area (Å²) in [5.74, 6) is -0.591. The summed E-state index contributed by atoms with van der Waals surface area (Å²) >= 11 is 0. The predicted octanol–water partition coefficient (Wildman–Crippen LogP) is 0.730. The minimum Gasteiger partial charge on any atom is -0.366 e. The second-order valence-corrected chi connectivity index (χ2v) is 6.78. The monoisotopic (exact) mass is 322 g/mol. The lowest BCUT2D eigenvalue weighted by Gasteiger charge is -2.19. The van der Waals surface area contributed by atoms with E-state index in [0.29, 0.717) is 6.54 Å². The summed E-state index contributed by atoms with van der Waals surface area (Å²) in [7, 11) is -1.86. The van der Waals surface area contributed by atoms with E-state index in [1.54, 1.807) is 31.0 Å². The molecule has 7 nitrogen and oxygen atoms in total. The highest BCUT2D eigenvalue weighted by atomic mass is 32.2. The molecule has 1 amide bonds. The molecule has 2 rings (SSSR count). The molecule has 0 bridgehead atoms.